The van der Waals surface area contributed by atoms with E-state index in [4.69, 9.17) is 14.0 Å². The zero-order chi connectivity index (χ0) is 18.2. The fraction of sp³-hybridized carbons (Fsp3) is 0.471. The molecule has 3 rings (SSSR count). The molecule has 8 heteroatoms. The monoisotopic (exact) mass is 362 g/mol. The Balaban J connectivity index is 1.79. The molecule has 1 saturated heterocycles. The molecule has 0 aromatic heterocycles. The van der Waals surface area contributed by atoms with Crippen LogP contribution in [0, 0.1) is 0 Å². The van der Waals surface area contributed by atoms with Crippen LogP contribution < -0.4 is 20.8 Å². The topological polar surface area (TPSA) is 68.8 Å². The number of thioether (sulfide) groups is 1. The molecule has 0 saturated carbocycles. The highest BCUT2D eigenvalue weighted by Gasteiger charge is 2.51. The van der Waals surface area contributed by atoms with Crippen molar-refractivity contribution < 1.29 is 18.8 Å². The molecule has 0 radical (unpaired) electrons. The predicted octanol–water partition coefficient (Wildman–Crippen LogP) is 1.82. The highest BCUT2D eigenvalue weighted by Crippen LogP contribution is 2.36. The summed E-state index contributed by atoms with van der Waals surface area (Å²) in [5, 5.41) is 7.82. The number of nitrogens with one attached hydrogen (secondary N) is 2. The zero-order valence-corrected chi connectivity index (χ0v) is 15.9. The molecule has 1 unspecified atom stereocenters. The minimum atomic E-state index is -0.493. The highest BCUT2D eigenvalue weighted by atomic mass is 32.2. The predicted molar refractivity (Wildman–Crippen MR) is 99.8 cm³/mol. The van der Waals surface area contributed by atoms with Gasteiger partial charge in [0.2, 0.25) is 0 Å². The molecule has 6 nitrogen and oxygen atoms in total. The van der Waals surface area contributed by atoms with Gasteiger partial charge in [0.05, 0.1) is 23.9 Å². The van der Waals surface area contributed by atoms with Crippen molar-refractivity contribution in [1.29, 1.82) is 0 Å². The van der Waals surface area contributed by atoms with Crippen LogP contribution >= 0.6 is 11.8 Å². The van der Waals surface area contributed by atoms with E-state index in [0.717, 1.165) is 5.46 Å². The summed E-state index contributed by atoms with van der Waals surface area (Å²) < 4.78 is 17.5. The van der Waals surface area contributed by atoms with Gasteiger partial charge < -0.3 is 24.7 Å². The van der Waals surface area contributed by atoms with Crippen molar-refractivity contribution in [2.75, 3.05) is 7.11 Å². The van der Waals surface area contributed by atoms with E-state index in [0.29, 0.717) is 11.3 Å². The van der Waals surface area contributed by atoms with E-state index in [1.54, 1.807) is 25.4 Å². The van der Waals surface area contributed by atoms with E-state index in [1.807, 2.05) is 39.2 Å². The van der Waals surface area contributed by atoms with E-state index in [-0.39, 0.29) is 11.4 Å². The Morgan fingerprint density at radius 1 is 1.28 bits per heavy atom. The molecule has 0 aliphatic carbocycles. The van der Waals surface area contributed by atoms with Gasteiger partial charge in [-0.2, -0.15) is 0 Å². The molecule has 1 aromatic carbocycles. The van der Waals surface area contributed by atoms with Crippen molar-refractivity contribution in [2.24, 2.45) is 0 Å². The Hall–Kier alpha value is -1.64. The van der Waals surface area contributed by atoms with Crippen molar-refractivity contribution in [3.8, 4) is 5.75 Å². The Morgan fingerprint density at radius 3 is 2.52 bits per heavy atom. The van der Waals surface area contributed by atoms with Crippen LogP contribution in [0.5, 0.6) is 5.75 Å². The second kappa shape index (κ2) is 6.59. The van der Waals surface area contributed by atoms with Gasteiger partial charge in [0.1, 0.15) is 5.75 Å². The Labute approximate surface area is 152 Å². The molecule has 25 heavy (non-hydrogen) atoms. The lowest BCUT2D eigenvalue weighted by Gasteiger charge is -2.32. The molecule has 0 spiro atoms. The molecule has 2 heterocycles. The lowest BCUT2D eigenvalue weighted by molar-refractivity contribution is 0.00578. The van der Waals surface area contributed by atoms with Crippen LogP contribution in [-0.4, -0.2) is 36.8 Å². The second-order valence-corrected chi connectivity index (χ2v) is 8.02. The standard InChI is InChI=1S/C17H23BN2O4S/c1-16(2)17(3,4)24-18(23-16)11-6-7-12(13(10-11)22-5)14(21)20-15-19-8-9-25-15/h6-10,15,19H,1-5H3,(H,20,21). The second-order valence-electron chi connectivity index (χ2n) is 7.01. The zero-order valence-electron chi connectivity index (χ0n) is 15.1. The van der Waals surface area contributed by atoms with Crippen molar-refractivity contribution in [3.05, 3.63) is 35.4 Å². The van der Waals surface area contributed by atoms with E-state index in [9.17, 15) is 4.79 Å². The number of carbonyl (C=O) groups excluding carboxylic acids is 1. The van der Waals surface area contributed by atoms with E-state index in [2.05, 4.69) is 10.6 Å². The van der Waals surface area contributed by atoms with Crippen LogP contribution in [0.2, 0.25) is 0 Å². The summed E-state index contributed by atoms with van der Waals surface area (Å²) >= 11 is 1.50. The number of amides is 1. The highest BCUT2D eigenvalue weighted by molar-refractivity contribution is 8.02. The maximum Gasteiger partial charge on any atom is 0.494 e. The first-order valence-corrected chi connectivity index (χ1v) is 9.09. The van der Waals surface area contributed by atoms with Gasteiger partial charge in [-0.25, -0.2) is 0 Å². The third kappa shape index (κ3) is 3.52. The van der Waals surface area contributed by atoms with Gasteiger partial charge >= 0.3 is 7.12 Å². The maximum absolute atomic E-state index is 12.5. The summed E-state index contributed by atoms with van der Waals surface area (Å²) in [6, 6.07) is 5.37. The van der Waals surface area contributed by atoms with Gasteiger partial charge in [-0.05, 0) is 50.7 Å². The quantitative estimate of drug-likeness (QED) is 0.797. The third-order valence-electron chi connectivity index (χ3n) is 4.79. The number of benzene rings is 1. The lowest BCUT2D eigenvalue weighted by Crippen LogP contribution is -2.41. The van der Waals surface area contributed by atoms with Gasteiger partial charge in [-0.3, -0.25) is 4.79 Å². The molecule has 1 amide bonds. The van der Waals surface area contributed by atoms with Gasteiger partial charge in [0.15, 0.2) is 5.50 Å². The number of hydrogen-bond acceptors (Lipinski definition) is 6. The van der Waals surface area contributed by atoms with Gasteiger partial charge in [-0.15, -0.1) is 0 Å². The largest absolute Gasteiger partial charge is 0.496 e. The van der Waals surface area contributed by atoms with Gasteiger partial charge in [0.25, 0.3) is 5.91 Å². The first-order chi connectivity index (χ1) is 11.7. The number of hydrogen-bond donors (Lipinski definition) is 2. The molecule has 1 aromatic rings. The lowest BCUT2D eigenvalue weighted by atomic mass is 9.78. The Kier molecular flexibility index (Phi) is 4.79. The minimum absolute atomic E-state index is 0.167. The smallest absolute Gasteiger partial charge is 0.494 e. The van der Waals surface area contributed by atoms with Crippen LogP contribution in [0.3, 0.4) is 0 Å². The normalized spacial score (nSPS) is 23.4. The fourth-order valence-electron chi connectivity index (χ4n) is 2.58. The summed E-state index contributed by atoms with van der Waals surface area (Å²) in [7, 11) is 1.05. The maximum atomic E-state index is 12.5. The van der Waals surface area contributed by atoms with Crippen molar-refractivity contribution in [3.63, 3.8) is 0 Å². The first kappa shape index (κ1) is 18.2. The number of carbonyl (C=O) groups is 1. The van der Waals surface area contributed by atoms with E-state index in [1.165, 1.54) is 11.8 Å². The summed E-state index contributed by atoms with van der Waals surface area (Å²) in [4.78, 5) is 12.5. The van der Waals surface area contributed by atoms with Crippen molar-refractivity contribution >= 4 is 30.3 Å². The molecule has 1 atom stereocenters. The van der Waals surface area contributed by atoms with Crippen molar-refractivity contribution in [2.45, 2.75) is 44.4 Å². The summed E-state index contributed by atoms with van der Waals surface area (Å²) in [5.41, 5.74) is 0.290. The van der Waals surface area contributed by atoms with E-state index < -0.39 is 18.3 Å². The molecule has 134 valence electrons. The molecular weight excluding hydrogens is 339 g/mol. The summed E-state index contributed by atoms with van der Waals surface area (Å²) in [5.74, 6) is 0.284. The summed E-state index contributed by atoms with van der Waals surface area (Å²) in [6.45, 7) is 8.03. The Bertz CT molecular complexity index is 684. The minimum Gasteiger partial charge on any atom is -0.496 e. The fourth-order valence-corrected chi connectivity index (χ4v) is 3.22. The van der Waals surface area contributed by atoms with Gasteiger partial charge in [-0.1, -0.05) is 17.8 Å². The average Bonchev–Trinajstić information content (AvgIpc) is 3.12. The molecule has 0 bridgehead atoms. The summed E-state index contributed by atoms with van der Waals surface area (Å²) in [6.07, 6.45) is 1.80. The SMILES string of the molecule is COc1cc(B2OC(C)(C)C(C)(C)O2)ccc1C(=O)NC1NC=CS1. The van der Waals surface area contributed by atoms with Crippen LogP contribution in [0.25, 0.3) is 0 Å². The third-order valence-corrected chi connectivity index (χ3v) is 5.61. The molecule has 1 fully saturated rings. The first-order valence-electron chi connectivity index (χ1n) is 8.14. The molecule has 2 aliphatic heterocycles. The van der Waals surface area contributed by atoms with Crippen LogP contribution in [0.15, 0.2) is 29.8 Å². The number of methoxy groups -OCH3 is 1. The Morgan fingerprint density at radius 2 is 1.96 bits per heavy atom. The van der Waals surface area contributed by atoms with Crippen LogP contribution in [-0.2, 0) is 9.31 Å². The van der Waals surface area contributed by atoms with Crippen LogP contribution in [0.1, 0.15) is 38.1 Å². The molecular formula is C17H23BN2O4S. The van der Waals surface area contributed by atoms with Crippen molar-refractivity contribution in [1.82, 2.24) is 10.6 Å². The van der Waals surface area contributed by atoms with Crippen LogP contribution in [0.4, 0.5) is 0 Å². The average molecular weight is 362 g/mol. The number of rotatable bonds is 4. The van der Waals surface area contributed by atoms with E-state index >= 15 is 0 Å². The molecule has 2 aliphatic rings. The number of ether oxygens (including phenoxy) is 1. The van der Waals surface area contributed by atoms with Gasteiger partial charge in [0, 0.05) is 6.20 Å². The molecule has 2 N–H and O–H groups in total.